The van der Waals surface area contributed by atoms with E-state index in [0.29, 0.717) is 5.03 Å². The molecule has 0 fully saturated rings. The van der Waals surface area contributed by atoms with Gasteiger partial charge in [-0.05, 0) is 0 Å². The summed E-state index contributed by atoms with van der Waals surface area (Å²) in [5, 5.41) is 16.5. The van der Waals surface area contributed by atoms with E-state index in [1.807, 2.05) is 0 Å². The fourth-order valence-electron chi connectivity index (χ4n) is 0.266. The zero-order valence-electron chi connectivity index (χ0n) is 7.93. The third-order valence-electron chi connectivity index (χ3n) is 1.19. The largest absolute Gasteiger partial charge is 0.481 e. The molecule has 14 heavy (non-hydrogen) atoms. The van der Waals surface area contributed by atoms with E-state index < -0.39 is 5.97 Å². The van der Waals surface area contributed by atoms with Crippen molar-refractivity contribution >= 4 is 40.8 Å². The van der Waals surface area contributed by atoms with Crippen molar-refractivity contribution in [3.63, 3.8) is 0 Å². The van der Waals surface area contributed by atoms with Crippen LogP contribution >= 0.6 is 34.8 Å². The summed E-state index contributed by atoms with van der Waals surface area (Å²) in [5.74, 6) is -0.915. The first-order valence-electron chi connectivity index (χ1n) is 3.90. The van der Waals surface area contributed by atoms with Gasteiger partial charge >= 0.3 is 5.97 Å². The lowest BCUT2D eigenvalue weighted by Gasteiger charge is -2.04. The molecule has 0 aromatic carbocycles. The Bertz CT molecular complexity index is 200. The highest BCUT2D eigenvalue weighted by atomic mass is 35.5. The molecule has 2 N–H and O–H groups in total. The molecule has 0 aromatic heterocycles. The van der Waals surface area contributed by atoms with Gasteiger partial charge in [0.05, 0.1) is 11.6 Å². The maximum atomic E-state index is 9.37. The van der Waals surface area contributed by atoms with Gasteiger partial charge in [0.25, 0.3) is 0 Å². The van der Waals surface area contributed by atoms with Crippen LogP contribution in [0.5, 0.6) is 0 Å². The quantitative estimate of drug-likeness (QED) is 0.823. The van der Waals surface area contributed by atoms with Gasteiger partial charge in [-0.15, -0.1) is 0 Å². The van der Waals surface area contributed by atoms with Gasteiger partial charge in [-0.25, -0.2) is 0 Å². The van der Waals surface area contributed by atoms with Crippen LogP contribution in [0.25, 0.3) is 0 Å². The van der Waals surface area contributed by atoms with Crippen LogP contribution in [0.1, 0.15) is 20.3 Å². The van der Waals surface area contributed by atoms with E-state index in [1.165, 1.54) is 0 Å². The van der Waals surface area contributed by atoms with Crippen LogP contribution in [0, 0.1) is 5.92 Å². The molecule has 0 aliphatic heterocycles. The molecule has 0 rings (SSSR count). The van der Waals surface area contributed by atoms with Crippen molar-refractivity contribution in [2.24, 2.45) is 5.92 Å². The predicted molar refractivity (Wildman–Crippen MR) is 58.8 cm³/mol. The van der Waals surface area contributed by atoms with Gasteiger partial charge < -0.3 is 10.2 Å². The standard InChI is InChI=1S/C5H7Cl3O.C3H6O2/c1-3(2-9)4(6)5(7)8;1-2-3(4)5/h3,9H,2H2,1H3;2H2,1H3,(H,4,5). The Kier molecular flexibility index (Phi) is 11.3. The van der Waals surface area contributed by atoms with Crippen molar-refractivity contribution in [3.05, 3.63) is 9.52 Å². The molecule has 0 amide bonds. The fourth-order valence-corrected chi connectivity index (χ4v) is 0.708. The van der Waals surface area contributed by atoms with Gasteiger partial charge in [-0.2, -0.15) is 0 Å². The van der Waals surface area contributed by atoms with Crippen LogP contribution in [-0.4, -0.2) is 22.8 Å². The second kappa shape index (κ2) is 9.59. The van der Waals surface area contributed by atoms with Crippen molar-refractivity contribution < 1.29 is 15.0 Å². The topological polar surface area (TPSA) is 57.5 Å². The monoisotopic (exact) mass is 262 g/mol. The number of hydrogen-bond acceptors (Lipinski definition) is 2. The van der Waals surface area contributed by atoms with E-state index in [1.54, 1.807) is 13.8 Å². The number of rotatable bonds is 3. The summed E-state index contributed by atoms with van der Waals surface area (Å²) >= 11 is 16.1. The van der Waals surface area contributed by atoms with Gasteiger partial charge in [0, 0.05) is 12.3 Å². The second-order valence-electron chi connectivity index (χ2n) is 2.44. The summed E-state index contributed by atoms with van der Waals surface area (Å²) in [5.41, 5.74) is 0. The first-order chi connectivity index (χ1) is 6.36. The predicted octanol–water partition coefficient (Wildman–Crippen LogP) is 2.98. The van der Waals surface area contributed by atoms with Crippen LogP contribution in [0.15, 0.2) is 9.52 Å². The molecule has 0 aliphatic rings. The maximum absolute atomic E-state index is 9.37. The smallest absolute Gasteiger partial charge is 0.303 e. The number of hydrogen-bond donors (Lipinski definition) is 2. The van der Waals surface area contributed by atoms with E-state index in [4.69, 9.17) is 45.0 Å². The molecular weight excluding hydrogens is 250 g/mol. The molecule has 0 saturated carbocycles. The molecule has 0 aliphatic carbocycles. The minimum Gasteiger partial charge on any atom is -0.481 e. The fraction of sp³-hybridized carbons (Fsp3) is 0.625. The number of aliphatic hydroxyl groups is 1. The number of carbonyl (C=O) groups is 1. The molecule has 84 valence electrons. The average Bonchev–Trinajstić information content (AvgIpc) is 2.16. The third kappa shape index (κ3) is 10.1. The van der Waals surface area contributed by atoms with Crippen molar-refractivity contribution in [1.82, 2.24) is 0 Å². The van der Waals surface area contributed by atoms with Crippen LogP contribution in [0.4, 0.5) is 0 Å². The average molecular weight is 264 g/mol. The van der Waals surface area contributed by atoms with Gasteiger partial charge in [-0.1, -0.05) is 48.7 Å². The van der Waals surface area contributed by atoms with Crippen molar-refractivity contribution in [2.75, 3.05) is 6.61 Å². The molecule has 1 unspecified atom stereocenters. The summed E-state index contributed by atoms with van der Waals surface area (Å²) in [4.78, 5) is 9.37. The molecule has 0 aromatic rings. The number of halogens is 3. The summed E-state index contributed by atoms with van der Waals surface area (Å²) in [7, 11) is 0. The first-order valence-corrected chi connectivity index (χ1v) is 5.03. The van der Waals surface area contributed by atoms with Crippen molar-refractivity contribution in [2.45, 2.75) is 20.3 Å². The van der Waals surface area contributed by atoms with Crippen LogP contribution in [0.2, 0.25) is 0 Å². The number of aliphatic hydroxyl groups excluding tert-OH is 1. The van der Waals surface area contributed by atoms with E-state index in [-0.39, 0.29) is 23.4 Å². The highest BCUT2D eigenvalue weighted by Crippen LogP contribution is 2.24. The maximum Gasteiger partial charge on any atom is 0.303 e. The van der Waals surface area contributed by atoms with Crippen LogP contribution in [-0.2, 0) is 4.79 Å². The zero-order valence-corrected chi connectivity index (χ0v) is 10.2. The second-order valence-corrected chi connectivity index (χ2v) is 3.80. The summed E-state index contributed by atoms with van der Waals surface area (Å²) in [6, 6.07) is 0. The third-order valence-corrected chi connectivity index (χ3v) is 2.35. The highest BCUT2D eigenvalue weighted by Gasteiger charge is 2.07. The summed E-state index contributed by atoms with van der Waals surface area (Å²) in [6.45, 7) is 3.29. The minimum absolute atomic E-state index is 0.0261. The molecule has 1 atom stereocenters. The normalized spacial score (nSPS) is 11.0. The van der Waals surface area contributed by atoms with Gasteiger partial charge in [0.1, 0.15) is 4.49 Å². The SMILES string of the molecule is CC(CO)C(Cl)=C(Cl)Cl.CCC(=O)O. The zero-order chi connectivity index (χ0) is 11.7. The van der Waals surface area contributed by atoms with Gasteiger partial charge in [-0.3, -0.25) is 4.79 Å². The first kappa shape index (κ1) is 16.5. The van der Waals surface area contributed by atoms with Crippen LogP contribution in [0.3, 0.4) is 0 Å². The molecule has 0 spiro atoms. The summed E-state index contributed by atoms with van der Waals surface area (Å²) < 4.78 is 0.0261. The Balaban J connectivity index is 0. The van der Waals surface area contributed by atoms with Gasteiger partial charge in [0.15, 0.2) is 0 Å². The lowest BCUT2D eigenvalue weighted by molar-refractivity contribution is -0.136. The summed E-state index contributed by atoms with van der Waals surface area (Å²) in [6.07, 6.45) is 0.222. The highest BCUT2D eigenvalue weighted by molar-refractivity contribution is 6.59. The Hall–Kier alpha value is 0.0400. The van der Waals surface area contributed by atoms with Crippen molar-refractivity contribution in [3.8, 4) is 0 Å². The lowest BCUT2D eigenvalue weighted by atomic mass is 10.2. The Labute approximate surface area is 98.3 Å². The number of carboxylic acid groups (broad SMARTS) is 1. The van der Waals surface area contributed by atoms with Crippen LogP contribution < -0.4 is 0 Å². The molecule has 3 nitrogen and oxygen atoms in total. The molecule has 0 radical (unpaired) electrons. The molecule has 0 bridgehead atoms. The molecular formula is C8H13Cl3O3. The van der Waals surface area contributed by atoms with Crippen molar-refractivity contribution in [1.29, 1.82) is 0 Å². The Morgan fingerprint density at radius 1 is 1.36 bits per heavy atom. The van der Waals surface area contributed by atoms with E-state index in [9.17, 15) is 4.79 Å². The van der Waals surface area contributed by atoms with E-state index in [0.717, 1.165) is 0 Å². The molecule has 0 heterocycles. The molecule has 6 heteroatoms. The van der Waals surface area contributed by atoms with E-state index in [2.05, 4.69) is 0 Å². The minimum atomic E-state index is -0.745. The Morgan fingerprint density at radius 3 is 1.79 bits per heavy atom. The Morgan fingerprint density at radius 2 is 1.71 bits per heavy atom. The number of carboxylic acids is 1. The lowest BCUT2D eigenvalue weighted by Crippen LogP contribution is -2.00. The van der Waals surface area contributed by atoms with Gasteiger partial charge in [0.2, 0.25) is 0 Å². The molecule has 0 saturated heterocycles. The van der Waals surface area contributed by atoms with E-state index >= 15 is 0 Å². The number of aliphatic carboxylic acids is 1.